The van der Waals surface area contributed by atoms with Gasteiger partial charge in [0.2, 0.25) is 0 Å². The van der Waals surface area contributed by atoms with E-state index < -0.39 is 17.7 Å². The Morgan fingerprint density at radius 1 is 0.775 bits per heavy atom. The van der Waals surface area contributed by atoms with Crippen LogP contribution in [-0.4, -0.2) is 35.4 Å². The van der Waals surface area contributed by atoms with E-state index in [1.165, 1.54) is 70.6 Å². The number of ether oxygens (including phenoxy) is 1. The van der Waals surface area contributed by atoms with Crippen molar-refractivity contribution in [1.29, 1.82) is 0 Å². The molecule has 0 spiro atoms. The Hall–Kier alpha value is -2.79. The molecule has 0 bridgehead atoms. The largest absolute Gasteiger partial charge is 0.507 e. The summed E-state index contributed by atoms with van der Waals surface area (Å²) in [7, 11) is 1.59. The maximum atomic E-state index is 13.2. The van der Waals surface area contributed by atoms with E-state index in [4.69, 9.17) is 16.3 Å². The molecule has 0 saturated carbocycles. The van der Waals surface area contributed by atoms with Crippen LogP contribution in [0.5, 0.6) is 5.75 Å². The normalized spacial score (nSPS) is 16.6. The number of hydrogen-bond acceptors (Lipinski definition) is 4. The number of aliphatic hydroxyl groups is 1. The number of carbonyl (C=O) groups is 2. The molecule has 6 heteroatoms. The summed E-state index contributed by atoms with van der Waals surface area (Å²) >= 11 is 6.02. The van der Waals surface area contributed by atoms with Gasteiger partial charge in [-0.15, -0.1) is 0 Å². The van der Waals surface area contributed by atoms with Gasteiger partial charge in [0.1, 0.15) is 11.5 Å². The third kappa shape index (κ3) is 9.12. The van der Waals surface area contributed by atoms with E-state index in [-0.39, 0.29) is 11.3 Å². The Kier molecular flexibility index (Phi) is 13.6. The van der Waals surface area contributed by atoms with E-state index in [9.17, 15) is 14.7 Å². The number of ketones is 1. The van der Waals surface area contributed by atoms with Crippen LogP contribution in [0.4, 0.5) is 0 Å². The van der Waals surface area contributed by atoms with E-state index in [0.29, 0.717) is 22.9 Å². The van der Waals surface area contributed by atoms with Gasteiger partial charge in [-0.25, -0.2) is 0 Å². The molecule has 1 atom stereocenters. The molecule has 1 unspecified atom stereocenters. The van der Waals surface area contributed by atoms with E-state index in [1.807, 2.05) is 24.3 Å². The Labute approximate surface area is 245 Å². The number of unbranched alkanes of at least 4 members (excludes halogenated alkanes) is 13. The minimum Gasteiger partial charge on any atom is -0.507 e. The predicted octanol–water partition coefficient (Wildman–Crippen LogP) is 9.25. The Balaban J connectivity index is 1.55. The van der Waals surface area contributed by atoms with Gasteiger partial charge in [-0.3, -0.25) is 9.59 Å². The van der Waals surface area contributed by atoms with Gasteiger partial charge in [-0.2, -0.15) is 0 Å². The number of rotatable bonds is 18. The number of amides is 1. The first kappa shape index (κ1) is 31.7. The number of likely N-dealkylation sites (tertiary alicyclic amines) is 1. The summed E-state index contributed by atoms with van der Waals surface area (Å²) in [5.41, 5.74) is 1.33. The number of aliphatic hydroxyl groups excluding tert-OH is 1. The number of methoxy groups -OCH3 is 1. The van der Waals surface area contributed by atoms with Crippen molar-refractivity contribution in [2.24, 2.45) is 0 Å². The molecule has 2 aromatic carbocycles. The lowest BCUT2D eigenvalue weighted by Crippen LogP contribution is -2.30. The van der Waals surface area contributed by atoms with Crippen molar-refractivity contribution in [2.45, 2.75) is 103 Å². The van der Waals surface area contributed by atoms with Crippen molar-refractivity contribution in [3.63, 3.8) is 0 Å². The van der Waals surface area contributed by atoms with Crippen LogP contribution in [-0.2, 0) is 9.59 Å². The standard InChI is InChI=1S/C34H46ClNO4/c1-3-4-5-6-7-8-9-10-11-12-13-14-15-16-25-36-31(26-19-23-29(40-2)24-20-26)30(33(38)34(36)39)32(37)27-17-21-28(35)22-18-27/h17-24,31,37H,3-16,25H2,1-2H3. The second-order valence-electron chi connectivity index (χ2n) is 10.9. The molecular weight excluding hydrogens is 522 g/mol. The average Bonchev–Trinajstić information content (AvgIpc) is 3.22. The maximum absolute atomic E-state index is 13.2. The molecule has 0 aliphatic carbocycles. The van der Waals surface area contributed by atoms with Crippen LogP contribution in [0.25, 0.3) is 5.76 Å². The molecule has 1 aliphatic heterocycles. The van der Waals surface area contributed by atoms with E-state index in [2.05, 4.69) is 6.92 Å². The summed E-state index contributed by atoms with van der Waals surface area (Å²) in [5, 5.41) is 11.7. The highest BCUT2D eigenvalue weighted by atomic mass is 35.5. The van der Waals surface area contributed by atoms with Gasteiger partial charge >= 0.3 is 0 Å². The van der Waals surface area contributed by atoms with Crippen LogP contribution >= 0.6 is 11.6 Å². The summed E-state index contributed by atoms with van der Waals surface area (Å²) in [4.78, 5) is 28.0. The van der Waals surface area contributed by atoms with Gasteiger partial charge < -0.3 is 14.7 Å². The van der Waals surface area contributed by atoms with Crippen molar-refractivity contribution in [1.82, 2.24) is 4.90 Å². The fourth-order valence-electron chi connectivity index (χ4n) is 5.48. The molecule has 1 aliphatic rings. The third-order valence-corrected chi connectivity index (χ3v) is 8.09. The first-order valence-electron chi connectivity index (χ1n) is 15.2. The minimum atomic E-state index is -0.654. The number of halogens is 1. The SMILES string of the molecule is CCCCCCCCCCCCCCCCN1C(=O)C(=O)C(=C(O)c2ccc(Cl)cc2)C1c1ccc(OC)cc1. The van der Waals surface area contributed by atoms with E-state index in [1.54, 1.807) is 36.3 Å². The van der Waals surface area contributed by atoms with Gasteiger partial charge in [0.15, 0.2) is 0 Å². The molecule has 1 N–H and O–H groups in total. The lowest BCUT2D eigenvalue weighted by molar-refractivity contribution is -0.139. The van der Waals surface area contributed by atoms with E-state index in [0.717, 1.165) is 24.8 Å². The van der Waals surface area contributed by atoms with Gasteiger partial charge in [-0.1, -0.05) is 114 Å². The highest BCUT2D eigenvalue weighted by Gasteiger charge is 2.45. The minimum absolute atomic E-state index is 0.114. The van der Waals surface area contributed by atoms with Gasteiger partial charge in [-0.05, 0) is 48.4 Å². The van der Waals surface area contributed by atoms with Crippen molar-refractivity contribution < 1.29 is 19.4 Å². The van der Waals surface area contributed by atoms with Crippen molar-refractivity contribution >= 4 is 29.1 Å². The van der Waals surface area contributed by atoms with Gasteiger partial charge in [0.25, 0.3) is 11.7 Å². The van der Waals surface area contributed by atoms with Crippen LogP contribution in [0.2, 0.25) is 5.02 Å². The average molecular weight is 568 g/mol. The summed E-state index contributed by atoms with van der Waals surface area (Å²) in [6, 6.07) is 13.3. The second kappa shape index (κ2) is 17.1. The lowest BCUT2D eigenvalue weighted by Gasteiger charge is -2.25. The highest BCUT2D eigenvalue weighted by Crippen LogP contribution is 2.40. The first-order chi connectivity index (χ1) is 19.5. The molecule has 1 fully saturated rings. The fraction of sp³-hybridized carbons (Fsp3) is 0.529. The first-order valence-corrected chi connectivity index (χ1v) is 15.5. The molecule has 218 valence electrons. The summed E-state index contributed by atoms with van der Waals surface area (Å²) in [6.07, 6.45) is 17.6. The molecular formula is C34H46ClNO4. The number of benzene rings is 2. The van der Waals surface area contributed by atoms with Crippen molar-refractivity contribution in [3.05, 3.63) is 70.3 Å². The molecule has 0 radical (unpaired) electrons. The lowest BCUT2D eigenvalue weighted by atomic mass is 9.95. The third-order valence-electron chi connectivity index (χ3n) is 7.84. The molecule has 1 saturated heterocycles. The van der Waals surface area contributed by atoms with E-state index >= 15 is 0 Å². The zero-order valence-corrected chi connectivity index (χ0v) is 25.1. The zero-order valence-electron chi connectivity index (χ0n) is 24.3. The quantitative estimate of drug-likeness (QED) is 0.0843. The van der Waals surface area contributed by atoms with Crippen LogP contribution in [0.1, 0.15) is 114 Å². The topological polar surface area (TPSA) is 66.8 Å². The number of hydrogen-bond donors (Lipinski definition) is 1. The van der Waals surface area contributed by atoms with Crippen LogP contribution in [0.3, 0.4) is 0 Å². The smallest absolute Gasteiger partial charge is 0.295 e. The number of carbonyl (C=O) groups excluding carboxylic acids is 2. The monoisotopic (exact) mass is 567 g/mol. The molecule has 40 heavy (non-hydrogen) atoms. The predicted molar refractivity (Wildman–Crippen MR) is 164 cm³/mol. The molecule has 3 rings (SSSR count). The van der Waals surface area contributed by atoms with Crippen molar-refractivity contribution in [3.8, 4) is 5.75 Å². The molecule has 2 aromatic rings. The zero-order chi connectivity index (χ0) is 28.7. The number of Topliss-reactive ketones (excluding diaryl/α,β-unsaturated/α-hetero) is 1. The van der Waals surface area contributed by atoms with Crippen LogP contribution in [0.15, 0.2) is 54.1 Å². The molecule has 1 amide bonds. The number of nitrogens with zero attached hydrogens (tertiary/aromatic N) is 1. The molecule has 1 heterocycles. The molecule has 0 aromatic heterocycles. The van der Waals surface area contributed by atoms with Crippen molar-refractivity contribution in [2.75, 3.05) is 13.7 Å². The van der Waals surface area contributed by atoms with Crippen LogP contribution < -0.4 is 4.74 Å². The summed E-state index contributed by atoms with van der Waals surface area (Å²) < 4.78 is 5.29. The van der Waals surface area contributed by atoms with Crippen LogP contribution in [0, 0.1) is 0 Å². The maximum Gasteiger partial charge on any atom is 0.295 e. The Morgan fingerprint density at radius 2 is 1.27 bits per heavy atom. The molecule has 5 nitrogen and oxygen atoms in total. The summed E-state index contributed by atoms with van der Waals surface area (Å²) in [5.74, 6) is -0.714. The Bertz CT molecular complexity index is 1090. The van der Waals surface area contributed by atoms with Gasteiger partial charge in [0, 0.05) is 17.1 Å². The summed E-state index contributed by atoms with van der Waals surface area (Å²) in [6.45, 7) is 2.73. The fourth-order valence-corrected chi connectivity index (χ4v) is 5.61. The second-order valence-corrected chi connectivity index (χ2v) is 11.3. The Morgan fingerprint density at radius 3 is 1.77 bits per heavy atom. The highest BCUT2D eigenvalue weighted by molar-refractivity contribution is 6.46. The van der Waals surface area contributed by atoms with Gasteiger partial charge in [0.05, 0.1) is 18.7 Å².